The molecule has 0 saturated heterocycles. The van der Waals surface area contributed by atoms with Crippen LogP contribution in [0.15, 0.2) is 53.5 Å². The number of hydrogen-bond donors (Lipinski definition) is 2. The summed E-state index contributed by atoms with van der Waals surface area (Å²) in [7, 11) is 3.93. The van der Waals surface area contributed by atoms with Gasteiger partial charge in [-0.25, -0.2) is 13.8 Å². The summed E-state index contributed by atoms with van der Waals surface area (Å²) in [5.74, 6) is 1.08. The number of aromatic nitrogens is 3. The molecule has 0 spiro atoms. The Hall–Kier alpha value is -3.49. The monoisotopic (exact) mass is 441 g/mol. The fourth-order valence-electron chi connectivity index (χ4n) is 3.11. The molecular weight excluding hydrogens is 412 g/mol. The number of nitrogens with zero attached hydrogens (tertiary/aromatic N) is 5. The van der Waals surface area contributed by atoms with E-state index >= 15 is 0 Å². The molecule has 170 valence electrons. The van der Waals surface area contributed by atoms with Crippen LogP contribution in [0, 0.1) is 18.6 Å². The van der Waals surface area contributed by atoms with Gasteiger partial charge in [0.1, 0.15) is 17.5 Å². The zero-order valence-corrected chi connectivity index (χ0v) is 18.6. The second-order valence-electron chi connectivity index (χ2n) is 7.51. The number of benzene rings is 2. The Morgan fingerprint density at radius 1 is 1.09 bits per heavy atom. The number of halogens is 2. The molecule has 7 nitrogen and oxygen atoms in total. The van der Waals surface area contributed by atoms with Crippen molar-refractivity contribution in [1.82, 2.24) is 25.4 Å². The number of aryl methyl sites for hydroxylation is 1. The Kier molecular flexibility index (Phi) is 8.13. The fraction of sp³-hybridized carbons (Fsp3) is 0.348. The molecule has 0 radical (unpaired) electrons. The summed E-state index contributed by atoms with van der Waals surface area (Å²) in [5, 5.41) is 14.7. The third kappa shape index (κ3) is 6.50. The lowest BCUT2D eigenvalue weighted by molar-refractivity contribution is 0.585. The van der Waals surface area contributed by atoms with Crippen LogP contribution in [0.3, 0.4) is 0 Å². The van der Waals surface area contributed by atoms with E-state index in [-0.39, 0.29) is 12.1 Å². The van der Waals surface area contributed by atoms with E-state index < -0.39 is 11.6 Å². The van der Waals surface area contributed by atoms with Crippen molar-refractivity contribution in [3.63, 3.8) is 0 Å². The summed E-state index contributed by atoms with van der Waals surface area (Å²) in [4.78, 5) is 6.62. The summed E-state index contributed by atoms with van der Waals surface area (Å²) in [6.45, 7) is 3.80. The quantitative estimate of drug-likeness (QED) is 0.303. The van der Waals surface area contributed by atoms with Crippen molar-refractivity contribution >= 4 is 11.6 Å². The molecule has 2 aromatic carbocycles. The van der Waals surface area contributed by atoms with Crippen LogP contribution in [0.4, 0.5) is 14.5 Å². The second-order valence-corrected chi connectivity index (χ2v) is 7.51. The Morgan fingerprint density at radius 2 is 1.88 bits per heavy atom. The predicted octanol–water partition coefficient (Wildman–Crippen LogP) is 3.16. The van der Waals surface area contributed by atoms with Crippen LogP contribution in [-0.2, 0) is 20.1 Å². The van der Waals surface area contributed by atoms with Crippen molar-refractivity contribution in [3.8, 4) is 0 Å². The van der Waals surface area contributed by atoms with Crippen LogP contribution in [0.5, 0.6) is 0 Å². The highest BCUT2D eigenvalue weighted by Crippen LogP contribution is 2.12. The van der Waals surface area contributed by atoms with Gasteiger partial charge in [-0.3, -0.25) is 0 Å². The van der Waals surface area contributed by atoms with Crippen LogP contribution < -0.4 is 15.5 Å². The average Bonchev–Trinajstić information content (AvgIpc) is 3.12. The van der Waals surface area contributed by atoms with Crippen LogP contribution >= 0.6 is 0 Å². The molecule has 0 aliphatic rings. The highest BCUT2D eigenvalue weighted by atomic mass is 19.1. The molecule has 3 rings (SSSR count). The Bertz CT molecular complexity index is 1030. The first-order chi connectivity index (χ1) is 15.4. The number of nitrogens with one attached hydrogen (secondary N) is 2. The lowest BCUT2D eigenvalue weighted by atomic mass is 10.2. The van der Waals surface area contributed by atoms with E-state index in [1.165, 1.54) is 0 Å². The number of para-hydroxylation sites is 1. The van der Waals surface area contributed by atoms with Crippen LogP contribution in [0.2, 0.25) is 0 Å². The van der Waals surface area contributed by atoms with Gasteiger partial charge < -0.3 is 20.1 Å². The van der Waals surface area contributed by atoms with E-state index in [4.69, 9.17) is 0 Å². The minimum Gasteiger partial charge on any atom is -0.375 e. The minimum atomic E-state index is -0.488. The van der Waals surface area contributed by atoms with E-state index in [0.717, 1.165) is 48.5 Å². The molecule has 0 aliphatic heterocycles. The van der Waals surface area contributed by atoms with E-state index in [1.807, 2.05) is 43.8 Å². The lowest BCUT2D eigenvalue weighted by Gasteiger charge is -2.19. The van der Waals surface area contributed by atoms with E-state index in [2.05, 4.69) is 42.9 Å². The highest BCUT2D eigenvalue weighted by Gasteiger charge is 2.08. The van der Waals surface area contributed by atoms with Crippen molar-refractivity contribution in [3.05, 3.63) is 77.4 Å². The summed E-state index contributed by atoms with van der Waals surface area (Å²) >= 11 is 0. The predicted molar refractivity (Wildman–Crippen MR) is 122 cm³/mol. The summed E-state index contributed by atoms with van der Waals surface area (Å²) in [5.41, 5.74) is 1.35. The Labute approximate surface area is 187 Å². The van der Waals surface area contributed by atoms with Gasteiger partial charge in [0.2, 0.25) is 0 Å². The molecule has 3 aromatic rings. The Balaban J connectivity index is 1.60. The van der Waals surface area contributed by atoms with Gasteiger partial charge >= 0.3 is 0 Å². The Morgan fingerprint density at radius 3 is 2.59 bits per heavy atom. The number of guanidine groups is 1. The summed E-state index contributed by atoms with van der Waals surface area (Å²) in [6, 6.07) is 13.5. The molecule has 2 N–H and O–H groups in total. The number of hydrogen-bond acceptors (Lipinski definition) is 4. The fourth-order valence-corrected chi connectivity index (χ4v) is 3.11. The van der Waals surface area contributed by atoms with Crippen molar-refractivity contribution in [2.45, 2.75) is 26.4 Å². The standard InChI is InChI=1S/C23H29F2N7/c1-17-29-30-22(32(17)3)16-28-23(27-15-18-14-19(24)10-11-21(18)25)26-12-7-13-31(2)20-8-5-4-6-9-20/h4-6,8-11,14H,7,12-13,15-16H2,1-3H3,(H2,26,27,28). The van der Waals surface area contributed by atoms with Gasteiger partial charge in [0, 0.05) is 38.4 Å². The third-order valence-electron chi connectivity index (χ3n) is 5.17. The van der Waals surface area contributed by atoms with Crippen LogP contribution in [0.25, 0.3) is 0 Å². The van der Waals surface area contributed by atoms with Crippen LogP contribution in [0.1, 0.15) is 23.6 Å². The van der Waals surface area contributed by atoms with Crippen LogP contribution in [-0.4, -0.2) is 40.9 Å². The van der Waals surface area contributed by atoms with Crippen molar-refractivity contribution < 1.29 is 8.78 Å². The van der Waals surface area contributed by atoms with Gasteiger partial charge in [-0.1, -0.05) is 18.2 Å². The SMILES string of the molecule is Cc1nnc(CNC(=NCc2cc(F)ccc2F)NCCCN(C)c2ccccc2)n1C. The number of rotatable bonds is 9. The molecule has 0 aliphatic carbocycles. The largest absolute Gasteiger partial charge is 0.375 e. The van der Waals surface area contributed by atoms with Gasteiger partial charge in [-0.2, -0.15) is 0 Å². The molecule has 0 amide bonds. The smallest absolute Gasteiger partial charge is 0.191 e. The highest BCUT2D eigenvalue weighted by molar-refractivity contribution is 5.79. The first-order valence-corrected chi connectivity index (χ1v) is 10.5. The molecule has 9 heteroatoms. The molecule has 32 heavy (non-hydrogen) atoms. The van der Waals surface area contributed by atoms with E-state index in [0.29, 0.717) is 19.0 Å². The zero-order chi connectivity index (χ0) is 22.9. The number of anilines is 1. The molecule has 0 atom stereocenters. The second kappa shape index (κ2) is 11.2. The van der Waals surface area contributed by atoms with Gasteiger partial charge in [0.15, 0.2) is 11.8 Å². The summed E-state index contributed by atoms with van der Waals surface area (Å²) in [6.07, 6.45) is 0.865. The van der Waals surface area contributed by atoms with Crippen molar-refractivity contribution in [2.24, 2.45) is 12.0 Å². The molecule has 0 fully saturated rings. The van der Waals surface area contributed by atoms with Crippen molar-refractivity contribution in [1.29, 1.82) is 0 Å². The first-order valence-electron chi connectivity index (χ1n) is 10.5. The minimum absolute atomic E-state index is 0.0146. The van der Waals surface area contributed by atoms with E-state index in [9.17, 15) is 8.78 Å². The molecule has 1 heterocycles. The molecule has 0 unspecified atom stereocenters. The maximum atomic E-state index is 14.0. The normalized spacial score (nSPS) is 11.5. The van der Waals surface area contributed by atoms with E-state index in [1.54, 1.807) is 0 Å². The zero-order valence-electron chi connectivity index (χ0n) is 18.6. The van der Waals surface area contributed by atoms with Crippen molar-refractivity contribution in [2.75, 3.05) is 25.0 Å². The molecule has 0 saturated carbocycles. The first kappa shape index (κ1) is 23.2. The maximum Gasteiger partial charge on any atom is 0.191 e. The summed E-state index contributed by atoms with van der Waals surface area (Å²) < 4.78 is 29.3. The maximum absolute atomic E-state index is 14.0. The van der Waals surface area contributed by atoms with Gasteiger partial charge in [0.25, 0.3) is 0 Å². The van der Waals surface area contributed by atoms with Gasteiger partial charge in [0.05, 0.1) is 13.1 Å². The molecular formula is C23H29F2N7. The van der Waals surface area contributed by atoms with Gasteiger partial charge in [-0.05, 0) is 43.7 Å². The third-order valence-corrected chi connectivity index (χ3v) is 5.17. The molecule has 0 bridgehead atoms. The topological polar surface area (TPSA) is 70.4 Å². The lowest BCUT2D eigenvalue weighted by Crippen LogP contribution is -2.39. The molecule has 1 aromatic heterocycles. The van der Waals surface area contributed by atoms with Gasteiger partial charge in [-0.15, -0.1) is 10.2 Å². The number of aliphatic imine (C=N–C) groups is 1. The average molecular weight is 442 g/mol.